The van der Waals surface area contributed by atoms with Crippen molar-refractivity contribution in [2.75, 3.05) is 0 Å². The monoisotopic (exact) mass is 267 g/mol. The molecule has 0 saturated heterocycles. The second kappa shape index (κ2) is 6.89. The van der Waals surface area contributed by atoms with Crippen molar-refractivity contribution in [2.24, 2.45) is 0 Å². The van der Waals surface area contributed by atoms with Crippen LogP contribution in [0.5, 0.6) is 0 Å². The molecule has 1 aromatic heterocycles. The van der Waals surface area contributed by atoms with Crippen LogP contribution in [0.2, 0.25) is 0 Å². The number of nitrogens with zero attached hydrogens (tertiary/aromatic N) is 1. The van der Waals surface area contributed by atoms with Crippen LogP contribution in [-0.2, 0) is 0 Å². The zero-order chi connectivity index (χ0) is 14.2. The normalized spacial score (nSPS) is 9.40. The van der Waals surface area contributed by atoms with Gasteiger partial charge in [-0.2, -0.15) is 0 Å². The maximum atomic E-state index is 9.93. The van der Waals surface area contributed by atoms with Crippen LogP contribution in [0.4, 0.5) is 0 Å². The largest absolute Gasteiger partial charge is 0.475 e. The van der Waals surface area contributed by atoms with Crippen LogP contribution in [0, 0.1) is 0 Å². The Kier molecular flexibility index (Phi) is 4.67. The first-order valence-electron chi connectivity index (χ1n) is 5.99. The van der Waals surface area contributed by atoms with Crippen LogP contribution >= 0.6 is 0 Å². The molecule has 3 aromatic rings. The third-order valence-electron chi connectivity index (χ3n) is 2.52. The van der Waals surface area contributed by atoms with E-state index in [0.29, 0.717) is 0 Å². The number of aromatic carboxylic acids is 1. The Morgan fingerprint density at radius 1 is 0.900 bits per heavy atom. The molecule has 0 radical (unpaired) electrons. The highest BCUT2D eigenvalue weighted by molar-refractivity contribution is 5.83. The molecule has 0 bridgehead atoms. The summed E-state index contributed by atoms with van der Waals surface area (Å²) in [6.45, 7) is 0. The second-order valence-corrected chi connectivity index (χ2v) is 3.90. The van der Waals surface area contributed by atoms with E-state index >= 15 is 0 Å². The van der Waals surface area contributed by atoms with Gasteiger partial charge in [-0.15, -0.1) is 0 Å². The van der Waals surface area contributed by atoms with Gasteiger partial charge in [0.15, 0.2) is 6.39 Å². The van der Waals surface area contributed by atoms with Crippen LogP contribution in [0.3, 0.4) is 0 Å². The summed E-state index contributed by atoms with van der Waals surface area (Å²) in [6, 6.07) is 20.8. The predicted molar refractivity (Wildman–Crippen MR) is 75.3 cm³/mol. The molecule has 0 unspecified atom stereocenters. The molecule has 0 atom stereocenters. The first-order valence-corrected chi connectivity index (χ1v) is 5.99. The number of carbonyl (C=O) groups is 1. The fourth-order valence-corrected chi connectivity index (χ4v) is 1.58. The molecule has 20 heavy (non-hydrogen) atoms. The van der Waals surface area contributed by atoms with Crippen LogP contribution in [0.1, 0.15) is 10.6 Å². The van der Waals surface area contributed by atoms with Gasteiger partial charge < -0.3 is 9.52 Å². The van der Waals surface area contributed by atoms with Gasteiger partial charge in [0.1, 0.15) is 0 Å². The number of hydrogen-bond acceptors (Lipinski definition) is 3. The number of carboxylic acids is 1. The zero-order valence-corrected chi connectivity index (χ0v) is 10.6. The summed E-state index contributed by atoms with van der Waals surface area (Å²) in [5, 5.41) is 8.14. The van der Waals surface area contributed by atoms with Gasteiger partial charge in [-0.05, 0) is 11.1 Å². The number of oxazole rings is 1. The minimum Gasteiger partial charge on any atom is -0.475 e. The fourth-order valence-electron chi connectivity index (χ4n) is 1.58. The number of aromatic nitrogens is 1. The molecule has 3 rings (SSSR count). The Bertz CT molecular complexity index is 597. The Morgan fingerprint density at radius 2 is 1.40 bits per heavy atom. The van der Waals surface area contributed by atoms with Crippen LogP contribution in [0.25, 0.3) is 11.1 Å². The van der Waals surface area contributed by atoms with Gasteiger partial charge in [0.2, 0.25) is 5.76 Å². The van der Waals surface area contributed by atoms with E-state index < -0.39 is 5.97 Å². The lowest BCUT2D eigenvalue weighted by atomic mass is 10.1. The van der Waals surface area contributed by atoms with Gasteiger partial charge in [-0.1, -0.05) is 60.7 Å². The Hall–Kier alpha value is -2.88. The summed E-state index contributed by atoms with van der Waals surface area (Å²) in [6.07, 6.45) is 2.21. The fraction of sp³-hybridized carbons (Fsp3) is 0. The smallest absolute Gasteiger partial charge is 0.373 e. The average molecular weight is 267 g/mol. The van der Waals surface area contributed by atoms with E-state index in [1.165, 1.54) is 11.1 Å². The topological polar surface area (TPSA) is 63.3 Å². The van der Waals surface area contributed by atoms with Crippen LogP contribution < -0.4 is 0 Å². The van der Waals surface area contributed by atoms with Crippen molar-refractivity contribution in [1.82, 2.24) is 4.98 Å². The Labute approximate surface area is 116 Å². The summed E-state index contributed by atoms with van der Waals surface area (Å²) in [7, 11) is 0. The van der Waals surface area contributed by atoms with Crippen LogP contribution in [0.15, 0.2) is 77.7 Å². The van der Waals surface area contributed by atoms with E-state index in [1.807, 2.05) is 12.1 Å². The number of hydrogen-bond donors (Lipinski definition) is 1. The summed E-state index contributed by atoms with van der Waals surface area (Å²) >= 11 is 0. The van der Waals surface area contributed by atoms with E-state index in [9.17, 15) is 4.79 Å². The summed E-state index contributed by atoms with van der Waals surface area (Å²) in [4.78, 5) is 13.3. The lowest BCUT2D eigenvalue weighted by molar-refractivity contribution is 0.0662. The van der Waals surface area contributed by atoms with Gasteiger partial charge in [-0.3, -0.25) is 0 Å². The van der Waals surface area contributed by atoms with Gasteiger partial charge in [-0.25, -0.2) is 9.78 Å². The van der Waals surface area contributed by atoms with E-state index in [1.54, 1.807) is 0 Å². The number of carboxylic acid groups (broad SMARTS) is 1. The molecule has 4 nitrogen and oxygen atoms in total. The molecule has 1 N–H and O–H groups in total. The molecule has 4 heteroatoms. The van der Waals surface area contributed by atoms with Crippen molar-refractivity contribution in [3.8, 4) is 11.1 Å². The van der Waals surface area contributed by atoms with Crippen molar-refractivity contribution < 1.29 is 14.3 Å². The average Bonchev–Trinajstić information content (AvgIpc) is 3.04. The van der Waals surface area contributed by atoms with Crippen molar-refractivity contribution in [2.45, 2.75) is 0 Å². The number of rotatable bonds is 2. The minimum atomic E-state index is -1.09. The highest BCUT2D eigenvalue weighted by atomic mass is 16.4. The molecule has 1 heterocycles. The van der Waals surface area contributed by atoms with Crippen molar-refractivity contribution >= 4 is 5.97 Å². The standard InChI is InChI=1S/C12H10.C4H3NO3/c1-3-7-11(8-4-1)12-9-5-2-6-10-12;6-4(7)3-1-5-2-8-3/h1-10H;1-2H,(H,6,7). The second-order valence-electron chi connectivity index (χ2n) is 3.90. The maximum absolute atomic E-state index is 9.93. The quantitative estimate of drug-likeness (QED) is 0.768. The third kappa shape index (κ3) is 3.81. The lowest BCUT2D eigenvalue weighted by Crippen LogP contribution is -1.91. The van der Waals surface area contributed by atoms with E-state index in [4.69, 9.17) is 5.11 Å². The molecule has 0 fully saturated rings. The molecule has 0 aliphatic heterocycles. The molecular weight excluding hydrogens is 254 g/mol. The Morgan fingerprint density at radius 3 is 1.70 bits per heavy atom. The first-order chi connectivity index (χ1) is 9.77. The highest BCUT2D eigenvalue weighted by Gasteiger charge is 2.03. The highest BCUT2D eigenvalue weighted by Crippen LogP contribution is 2.17. The Balaban J connectivity index is 0.000000160. The molecule has 2 aromatic carbocycles. The summed E-state index contributed by atoms with van der Waals surface area (Å²) in [5.41, 5.74) is 2.55. The summed E-state index contributed by atoms with van der Waals surface area (Å²) in [5.74, 6) is -1.23. The van der Waals surface area contributed by atoms with Crippen LogP contribution in [-0.4, -0.2) is 16.1 Å². The van der Waals surface area contributed by atoms with E-state index in [-0.39, 0.29) is 5.76 Å². The summed E-state index contributed by atoms with van der Waals surface area (Å²) < 4.78 is 4.38. The number of benzene rings is 2. The molecule has 0 aliphatic carbocycles. The first kappa shape index (κ1) is 13.5. The van der Waals surface area contributed by atoms with Crippen molar-refractivity contribution in [1.29, 1.82) is 0 Å². The SMILES string of the molecule is O=C(O)c1cnco1.c1ccc(-c2ccccc2)cc1. The molecular formula is C16H13NO3. The minimum absolute atomic E-state index is 0.134. The van der Waals surface area contributed by atoms with E-state index in [0.717, 1.165) is 12.6 Å². The van der Waals surface area contributed by atoms with Crippen molar-refractivity contribution in [3.05, 3.63) is 79.0 Å². The molecule has 100 valence electrons. The van der Waals surface area contributed by atoms with E-state index in [2.05, 4.69) is 57.9 Å². The molecule has 0 saturated carbocycles. The van der Waals surface area contributed by atoms with Gasteiger partial charge in [0, 0.05) is 0 Å². The third-order valence-corrected chi connectivity index (χ3v) is 2.52. The van der Waals surface area contributed by atoms with Gasteiger partial charge in [0.05, 0.1) is 6.20 Å². The molecule has 0 aliphatic rings. The predicted octanol–water partition coefficient (Wildman–Crippen LogP) is 3.73. The molecule has 0 amide bonds. The zero-order valence-electron chi connectivity index (χ0n) is 10.6. The maximum Gasteiger partial charge on any atom is 0.373 e. The van der Waals surface area contributed by atoms with Gasteiger partial charge >= 0.3 is 5.97 Å². The van der Waals surface area contributed by atoms with Crippen molar-refractivity contribution in [3.63, 3.8) is 0 Å². The lowest BCUT2D eigenvalue weighted by Gasteiger charge is -1.98. The molecule has 0 spiro atoms. The van der Waals surface area contributed by atoms with Gasteiger partial charge in [0.25, 0.3) is 0 Å².